The van der Waals surface area contributed by atoms with Crippen LogP contribution < -0.4 is 0 Å². The molecule has 0 saturated carbocycles. The first kappa shape index (κ1) is 21.9. The molecule has 2 aromatic heterocycles. The lowest BCUT2D eigenvalue weighted by Gasteiger charge is -2.07. The summed E-state index contributed by atoms with van der Waals surface area (Å²) in [5.41, 5.74) is 4.15. The Balaban J connectivity index is 1.36. The maximum absolute atomic E-state index is 11.8. The van der Waals surface area contributed by atoms with Crippen molar-refractivity contribution in [1.82, 2.24) is 24.5 Å². The van der Waals surface area contributed by atoms with Gasteiger partial charge in [0.15, 0.2) is 15.0 Å². The van der Waals surface area contributed by atoms with Crippen molar-refractivity contribution < 1.29 is 8.42 Å². The highest BCUT2D eigenvalue weighted by Gasteiger charge is 2.29. The molecule has 1 saturated heterocycles. The van der Waals surface area contributed by atoms with Crippen LogP contribution in [0.4, 0.5) is 0 Å². The molecule has 0 bridgehead atoms. The summed E-state index contributed by atoms with van der Waals surface area (Å²) in [4.78, 5) is 0. The quantitative estimate of drug-likeness (QED) is 0.374. The van der Waals surface area contributed by atoms with Crippen LogP contribution in [0, 0.1) is 5.92 Å². The van der Waals surface area contributed by atoms with E-state index in [1.54, 1.807) is 11.8 Å². The Morgan fingerprint density at radius 1 is 1.03 bits per heavy atom. The predicted octanol–water partition coefficient (Wildman–Crippen LogP) is 3.94. The Labute approximate surface area is 197 Å². The van der Waals surface area contributed by atoms with Gasteiger partial charge in [-0.3, -0.25) is 0 Å². The summed E-state index contributed by atoms with van der Waals surface area (Å²) in [6, 6.07) is 20.3. The highest BCUT2D eigenvalue weighted by molar-refractivity contribution is 7.98. The number of thioether (sulfide) groups is 1. The summed E-state index contributed by atoms with van der Waals surface area (Å²) in [7, 11) is -0.941. The summed E-state index contributed by atoms with van der Waals surface area (Å²) in [5, 5.41) is 14.4. The van der Waals surface area contributed by atoms with Crippen LogP contribution in [0.2, 0.25) is 0 Å². The lowest BCUT2D eigenvalue weighted by molar-refractivity contribution is 0.552. The molecule has 1 aliphatic rings. The molecule has 5 rings (SSSR count). The van der Waals surface area contributed by atoms with Gasteiger partial charge >= 0.3 is 0 Å². The van der Waals surface area contributed by atoms with Gasteiger partial charge in [0.05, 0.1) is 22.9 Å². The van der Waals surface area contributed by atoms with Crippen LogP contribution in [-0.4, -0.2) is 44.5 Å². The van der Waals surface area contributed by atoms with E-state index in [1.165, 1.54) is 0 Å². The van der Waals surface area contributed by atoms with E-state index in [-0.39, 0.29) is 17.4 Å². The first-order valence-corrected chi connectivity index (χ1v) is 13.7. The minimum atomic E-state index is -2.89. The van der Waals surface area contributed by atoms with E-state index in [4.69, 9.17) is 5.10 Å². The zero-order valence-electron chi connectivity index (χ0n) is 18.3. The van der Waals surface area contributed by atoms with Crippen molar-refractivity contribution in [3.63, 3.8) is 0 Å². The van der Waals surface area contributed by atoms with E-state index in [0.29, 0.717) is 18.6 Å². The number of sulfone groups is 1. The average Bonchev–Trinajstić information content (AvgIpc) is 3.51. The fraction of sp³-hybridized carbons (Fsp3) is 0.292. The Morgan fingerprint density at radius 2 is 1.76 bits per heavy atom. The van der Waals surface area contributed by atoms with Crippen LogP contribution in [0.3, 0.4) is 0 Å². The molecule has 0 N–H and O–H groups in total. The lowest BCUT2D eigenvalue weighted by Crippen LogP contribution is -2.11. The fourth-order valence-corrected chi connectivity index (χ4v) is 6.90. The first-order valence-electron chi connectivity index (χ1n) is 10.9. The molecule has 1 aliphatic heterocycles. The Hall–Kier alpha value is -2.91. The van der Waals surface area contributed by atoms with E-state index in [9.17, 15) is 8.42 Å². The molecule has 0 radical (unpaired) electrons. The maximum atomic E-state index is 11.8. The molecule has 1 fully saturated rings. The highest BCUT2D eigenvalue weighted by atomic mass is 32.2. The van der Waals surface area contributed by atoms with Gasteiger partial charge in [-0.05, 0) is 24.5 Å². The van der Waals surface area contributed by atoms with Crippen molar-refractivity contribution in [3.8, 4) is 16.9 Å². The molecule has 0 spiro atoms. The summed E-state index contributed by atoms with van der Waals surface area (Å²) < 4.78 is 27.5. The monoisotopic (exact) mass is 479 g/mol. The van der Waals surface area contributed by atoms with Crippen LogP contribution in [-0.2, 0) is 29.1 Å². The average molecular weight is 480 g/mol. The van der Waals surface area contributed by atoms with Crippen molar-refractivity contribution in [1.29, 1.82) is 0 Å². The normalized spacial score (nSPS) is 17.4. The third kappa shape index (κ3) is 4.89. The third-order valence-electron chi connectivity index (χ3n) is 5.94. The molecule has 33 heavy (non-hydrogen) atoms. The van der Waals surface area contributed by atoms with Crippen LogP contribution in [0.25, 0.3) is 16.9 Å². The number of aromatic nitrogens is 5. The second-order valence-corrected chi connectivity index (χ2v) is 11.5. The van der Waals surface area contributed by atoms with Gasteiger partial charge in [0.1, 0.15) is 5.82 Å². The largest absolute Gasteiger partial charge is 0.309 e. The SMILES string of the molecule is Cn1c(C[C@H]2CCS(=O)(=O)C2)nnc1SCc1cn(-c2ccccc2)nc1-c1ccccc1. The van der Waals surface area contributed by atoms with Crippen LogP contribution in [0.15, 0.2) is 72.0 Å². The first-order chi connectivity index (χ1) is 16.0. The molecule has 0 amide bonds. The molecule has 9 heteroatoms. The lowest BCUT2D eigenvalue weighted by atomic mass is 10.1. The molecule has 4 aromatic rings. The van der Waals surface area contributed by atoms with E-state index in [0.717, 1.165) is 33.5 Å². The number of nitrogens with zero attached hydrogens (tertiary/aromatic N) is 5. The van der Waals surface area contributed by atoms with Gasteiger partial charge < -0.3 is 4.57 Å². The fourth-order valence-electron chi connectivity index (χ4n) is 4.15. The molecular weight excluding hydrogens is 454 g/mol. The molecule has 2 aromatic carbocycles. The van der Waals surface area contributed by atoms with E-state index in [1.807, 2.05) is 64.8 Å². The van der Waals surface area contributed by atoms with E-state index < -0.39 is 9.84 Å². The van der Waals surface area contributed by atoms with Crippen molar-refractivity contribution >= 4 is 21.6 Å². The van der Waals surface area contributed by atoms with Gasteiger partial charge in [0.2, 0.25) is 0 Å². The second kappa shape index (κ2) is 9.15. The van der Waals surface area contributed by atoms with Gasteiger partial charge in [-0.1, -0.05) is 60.3 Å². The van der Waals surface area contributed by atoms with Crippen LogP contribution in [0.5, 0.6) is 0 Å². The Bertz CT molecular complexity index is 1350. The van der Waals surface area contributed by atoms with Crippen molar-refractivity contribution in [2.45, 2.75) is 23.8 Å². The molecule has 0 unspecified atom stereocenters. The smallest absolute Gasteiger partial charge is 0.191 e. The molecule has 0 aliphatic carbocycles. The summed E-state index contributed by atoms with van der Waals surface area (Å²) in [5.74, 6) is 2.19. The number of hydrogen-bond acceptors (Lipinski definition) is 6. The molecule has 1 atom stereocenters. The maximum Gasteiger partial charge on any atom is 0.191 e. The number of rotatable bonds is 7. The van der Waals surface area contributed by atoms with Crippen molar-refractivity contribution in [2.75, 3.05) is 11.5 Å². The van der Waals surface area contributed by atoms with Crippen molar-refractivity contribution in [2.24, 2.45) is 13.0 Å². The molecule has 170 valence electrons. The number of benzene rings is 2. The summed E-state index contributed by atoms with van der Waals surface area (Å²) in [6.07, 6.45) is 3.42. The minimum Gasteiger partial charge on any atom is -0.309 e. The van der Waals surface area contributed by atoms with Gasteiger partial charge in [-0.15, -0.1) is 10.2 Å². The van der Waals surface area contributed by atoms with E-state index in [2.05, 4.69) is 28.5 Å². The van der Waals surface area contributed by atoms with Crippen LogP contribution >= 0.6 is 11.8 Å². The highest BCUT2D eigenvalue weighted by Crippen LogP contribution is 2.30. The molecule has 7 nitrogen and oxygen atoms in total. The van der Waals surface area contributed by atoms with Gasteiger partial charge in [-0.2, -0.15) is 5.10 Å². The minimum absolute atomic E-state index is 0.129. The Morgan fingerprint density at radius 3 is 2.45 bits per heavy atom. The summed E-state index contributed by atoms with van der Waals surface area (Å²) in [6.45, 7) is 0. The van der Waals surface area contributed by atoms with Crippen LogP contribution in [0.1, 0.15) is 17.8 Å². The number of para-hydroxylation sites is 1. The van der Waals surface area contributed by atoms with Crippen molar-refractivity contribution in [3.05, 3.63) is 78.2 Å². The van der Waals surface area contributed by atoms with E-state index >= 15 is 0 Å². The zero-order valence-corrected chi connectivity index (χ0v) is 20.0. The third-order valence-corrected chi connectivity index (χ3v) is 8.84. The van der Waals surface area contributed by atoms with Gasteiger partial charge in [0, 0.05) is 36.5 Å². The van der Waals surface area contributed by atoms with Gasteiger partial charge in [-0.25, -0.2) is 13.1 Å². The molecular formula is C24H25N5O2S2. The standard InChI is InChI=1S/C24H25N5O2S2/c1-28-22(14-18-12-13-33(30,31)17-18)25-26-24(28)32-16-20-15-29(21-10-6-3-7-11-21)27-23(20)19-8-4-2-5-9-19/h2-11,15,18H,12-14,16-17H2,1H3/t18-/m1/s1. The Kier molecular flexibility index (Phi) is 6.07. The predicted molar refractivity (Wildman–Crippen MR) is 130 cm³/mol. The zero-order chi connectivity index (χ0) is 22.8. The summed E-state index contributed by atoms with van der Waals surface area (Å²) >= 11 is 1.61. The second-order valence-electron chi connectivity index (χ2n) is 8.37. The number of hydrogen-bond donors (Lipinski definition) is 0. The van der Waals surface area contributed by atoms with Gasteiger partial charge in [0.25, 0.3) is 0 Å². The molecule has 3 heterocycles. The topological polar surface area (TPSA) is 82.7 Å².